The van der Waals surface area contributed by atoms with E-state index in [1.165, 1.54) is 4.68 Å². The fourth-order valence-electron chi connectivity index (χ4n) is 3.67. The maximum atomic E-state index is 12.4. The molecule has 0 atom stereocenters. The van der Waals surface area contributed by atoms with Gasteiger partial charge in [-0.1, -0.05) is 18.2 Å². The number of rotatable bonds is 5. The third-order valence-electron chi connectivity index (χ3n) is 5.19. The van der Waals surface area contributed by atoms with Gasteiger partial charge in [-0.05, 0) is 31.0 Å². The zero-order valence-electron chi connectivity index (χ0n) is 16.7. The van der Waals surface area contributed by atoms with Gasteiger partial charge in [-0.3, -0.25) is 14.5 Å². The van der Waals surface area contributed by atoms with Crippen LogP contribution in [0.5, 0.6) is 0 Å². The molecule has 1 aromatic carbocycles. The molecule has 1 aliphatic heterocycles. The third kappa shape index (κ3) is 4.08. The first-order chi connectivity index (χ1) is 14.2. The maximum absolute atomic E-state index is 12.4. The lowest BCUT2D eigenvalue weighted by atomic mass is 9.98. The first-order valence-electron chi connectivity index (χ1n) is 9.67. The summed E-state index contributed by atoms with van der Waals surface area (Å²) in [6.45, 7) is 2.67. The first-order valence-corrected chi connectivity index (χ1v) is 9.67. The number of carbonyl (C=O) groups is 1. The van der Waals surface area contributed by atoms with Crippen molar-refractivity contribution in [1.29, 1.82) is 0 Å². The second-order valence-corrected chi connectivity index (χ2v) is 7.59. The SMILES string of the molecule is Cc1ccc(-c2cnn(CCCC(F)(F)F)c2)c(-c2ccc3c(c2)C(=O)N(C)C3)n1. The molecule has 0 bridgehead atoms. The fourth-order valence-corrected chi connectivity index (χ4v) is 3.67. The van der Waals surface area contributed by atoms with E-state index in [4.69, 9.17) is 0 Å². The summed E-state index contributed by atoms with van der Waals surface area (Å²) in [4.78, 5) is 18.7. The van der Waals surface area contributed by atoms with E-state index in [2.05, 4.69) is 10.1 Å². The van der Waals surface area contributed by atoms with Crippen molar-refractivity contribution in [3.8, 4) is 22.4 Å². The minimum atomic E-state index is -4.16. The Morgan fingerprint density at radius 2 is 1.90 bits per heavy atom. The van der Waals surface area contributed by atoms with Crippen molar-refractivity contribution in [3.63, 3.8) is 0 Å². The number of aromatic nitrogens is 3. The van der Waals surface area contributed by atoms with Crippen LogP contribution in [0.15, 0.2) is 42.7 Å². The zero-order valence-corrected chi connectivity index (χ0v) is 16.7. The molecule has 8 heteroatoms. The molecule has 156 valence electrons. The van der Waals surface area contributed by atoms with E-state index >= 15 is 0 Å². The normalized spacial score (nSPS) is 13.8. The molecule has 5 nitrogen and oxygen atoms in total. The summed E-state index contributed by atoms with van der Waals surface area (Å²) in [5, 5.41) is 4.21. The second kappa shape index (κ2) is 7.59. The lowest BCUT2D eigenvalue weighted by Gasteiger charge is -2.10. The van der Waals surface area contributed by atoms with Gasteiger partial charge in [0.2, 0.25) is 0 Å². The molecule has 0 spiro atoms. The van der Waals surface area contributed by atoms with Crippen molar-refractivity contribution in [2.45, 2.75) is 39.0 Å². The van der Waals surface area contributed by atoms with Crippen LogP contribution in [0.1, 0.15) is 34.5 Å². The molecule has 0 aliphatic carbocycles. The van der Waals surface area contributed by atoms with E-state index in [1.54, 1.807) is 24.3 Å². The molecule has 0 radical (unpaired) electrons. The van der Waals surface area contributed by atoms with Crippen LogP contribution in [0.3, 0.4) is 0 Å². The van der Waals surface area contributed by atoms with Crippen LogP contribution in [0.25, 0.3) is 22.4 Å². The van der Waals surface area contributed by atoms with Gasteiger partial charge in [0, 0.05) is 60.7 Å². The largest absolute Gasteiger partial charge is 0.389 e. The number of hydrogen-bond donors (Lipinski definition) is 0. The number of aryl methyl sites for hydroxylation is 2. The van der Waals surface area contributed by atoms with E-state index in [0.29, 0.717) is 12.1 Å². The Kier molecular flexibility index (Phi) is 5.09. The monoisotopic (exact) mass is 414 g/mol. The molecular weight excluding hydrogens is 393 g/mol. The topological polar surface area (TPSA) is 51.0 Å². The summed E-state index contributed by atoms with van der Waals surface area (Å²) in [5.74, 6) is -0.0152. The number of alkyl halides is 3. The average molecular weight is 414 g/mol. The number of benzene rings is 1. The van der Waals surface area contributed by atoms with Crippen molar-refractivity contribution < 1.29 is 18.0 Å². The van der Waals surface area contributed by atoms with E-state index in [9.17, 15) is 18.0 Å². The van der Waals surface area contributed by atoms with Gasteiger partial charge in [-0.2, -0.15) is 18.3 Å². The van der Waals surface area contributed by atoms with E-state index in [1.807, 2.05) is 37.3 Å². The van der Waals surface area contributed by atoms with Crippen LogP contribution >= 0.6 is 0 Å². The Bertz CT molecular complexity index is 1100. The Balaban J connectivity index is 1.65. The van der Waals surface area contributed by atoms with Crippen molar-refractivity contribution >= 4 is 5.91 Å². The molecule has 0 saturated heterocycles. The van der Waals surface area contributed by atoms with Gasteiger partial charge in [-0.15, -0.1) is 0 Å². The van der Waals surface area contributed by atoms with E-state index in [-0.39, 0.29) is 18.9 Å². The van der Waals surface area contributed by atoms with Crippen LogP contribution in [0.2, 0.25) is 0 Å². The predicted octanol–water partition coefficient (Wildman–Crippen LogP) is 4.85. The van der Waals surface area contributed by atoms with Crippen LogP contribution < -0.4 is 0 Å². The number of carbonyl (C=O) groups excluding carboxylic acids is 1. The Labute approximate surface area is 172 Å². The molecule has 0 N–H and O–H groups in total. The maximum Gasteiger partial charge on any atom is 0.389 e. The van der Waals surface area contributed by atoms with E-state index < -0.39 is 12.6 Å². The number of hydrogen-bond acceptors (Lipinski definition) is 3. The smallest absolute Gasteiger partial charge is 0.337 e. The van der Waals surface area contributed by atoms with Crippen molar-refractivity contribution in [2.24, 2.45) is 0 Å². The summed E-state index contributed by atoms with van der Waals surface area (Å²) in [6, 6.07) is 9.56. The average Bonchev–Trinajstić information content (AvgIpc) is 3.25. The van der Waals surface area contributed by atoms with Gasteiger partial charge < -0.3 is 4.90 Å². The number of nitrogens with zero attached hydrogens (tertiary/aromatic N) is 4. The fraction of sp³-hybridized carbons (Fsp3) is 0.318. The minimum Gasteiger partial charge on any atom is -0.337 e. The predicted molar refractivity (Wildman–Crippen MR) is 107 cm³/mol. The van der Waals surface area contributed by atoms with Crippen LogP contribution in [0, 0.1) is 6.92 Å². The summed E-state index contributed by atoms with van der Waals surface area (Å²) in [5.41, 5.74) is 5.62. The van der Waals surface area contributed by atoms with Gasteiger partial charge >= 0.3 is 6.18 Å². The summed E-state index contributed by atoms with van der Waals surface area (Å²) >= 11 is 0. The molecule has 0 saturated carbocycles. The molecule has 1 aliphatic rings. The molecule has 3 heterocycles. The molecule has 0 unspecified atom stereocenters. The molecular formula is C22H21F3N4O. The molecule has 3 aromatic rings. The van der Waals surface area contributed by atoms with Gasteiger partial charge in [0.05, 0.1) is 11.9 Å². The van der Waals surface area contributed by atoms with Gasteiger partial charge in [0.15, 0.2) is 0 Å². The molecule has 2 aromatic heterocycles. The van der Waals surface area contributed by atoms with Gasteiger partial charge in [-0.25, -0.2) is 0 Å². The number of amides is 1. The minimum absolute atomic E-state index is 0.0152. The van der Waals surface area contributed by atoms with E-state index in [0.717, 1.165) is 33.6 Å². The molecule has 30 heavy (non-hydrogen) atoms. The first kappa shape index (κ1) is 20.1. The van der Waals surface area contributed by atoms with Crippen molar-refractivity contribution in [3.05, 3.63) is 59.5 Å². The quantitative estimate of drug-likeness (QED) is 0.600. The number of halogens is 3. The highest BCUT2D eigenvalue weighted by atomic mass is 19.4. The highest BCUT2D eigenvalue weighted by molar-refractivity contribution is 5.99. The van der Waals surface area contributed by atoms with Crippen LogP contribution in [-0.2, 0) is 13.1 Å². The molecule has 1 amide bonds. The number of pyridine rings is 1. The lowest BCUT2D eigenvalue weighted by molar-refractivity contribution is -0.136. The lowest BCUT2D eigenvalue weighted by Crippen LogP contribution is -2.17. The highest BCUT2D eigenvalue weighted by Gasteiger charge is 2.27. The molecule has 4 rings (SSSR count). The second-order valence-electron chi connectivity index (χ2n) is 7.59. The van der Waals surface area contributed by atoms with Gasteiger partial charge in [0.25, 0.3) is 5.91 Å². The summed E-state index contributed by atoms with van der Waals surface area (Å²) < 4.78 is 38.7. The van der Waals surface area contributed by atoms with Crippen LogP contribution in [0.4, 0.5) is 13.2 Å². The highest BCUT2D eigenvalue weighted by Crippen LogP contribution is 2.33. The summed E-state index contributed by atoms with van der Waals surface area (Å²) in [6.07, 6.45) is -1.65. The molecule has 0 fully saturated rings. The number of fused-ring (bicyclic) bond motifs is 1. The summed E-state index contributed by atoms with van der Waals surface area (Å²) in [7, 11) is 1.77. The van der Waals surface area contributed by atoms with Crippen LogP contribution in [-0.4, -0.2) is 38.8 Å². The van der Waals surface area contributed by atoms with Crippen molar-refractivity contribution in [1.82, 2.24) is 19.7 Å². The Morgan fingerprint density at radius 3 is 2.67 bits per heavy atom. The van der Waals surface area contributed by atoms with Crippen molar-refractivity contribution in [2.75, 3.05) is 7.05 Å². The van der Waals surface area contributed by atoms with Gasteiger partial charge in [0.1, 0.15) is 0 Å². The zero-order chi connectivity index (χ0) is 21.5. The Hall–Kier alpha value is -3.16. The third-order valence-corrected chi connectivity index (χ3v) is 5.19. The Morgan fingerprint density at radius 1 is 1.10 bits per heavy atom. The standard InChI is InChI=1S/C22H21F3N4O/c1-14-4-7-18(17-11-26-29(13-17)9-3-8-22(23,24)25)20(27-14)15-5-6-16-12-28(2)21(30)19(16)10-15/h4-7,10-11,13H,3,8-9,12H2,1-2H3.